The molecule has 0 atom stereocenters. The fraction of sp³-hybridized carbons (Fsp3) is 0.278. The molecule has 3 aromatic rings. The van der Waals surface area contributed by atoms with Crippen LogP contribution < -0.4 is 10.5 Å². The lowest BCUT2D eigenvalue weighted by molar-refractivity contribution is 0.340. The van der Waals surface area contributed by atoms with Gasteiger partial charge in [0.05, 0.1) is 17.6 Å². The lowest BCUT2D eigenvalue weighted by atomic mass is 10.2. The lowest BCUT2D eigenvalue weighted by Crippen LogP contribution is -2.10. The summed E-state index contributed by atoms with van der Waals surface area (Å²) in [6.07, 6.45) is 0.769. The van der Waals surface area contributed by atoms with Crippen LogP contribution in [0, 0.1) is 0 Å². The van der Waals surface area contributed by atoms with E-state index in [1.165, 1.54) is 5.56 Å². The van der Waals surface area contributed by atoms with Gasteiger partial charge in [-0.05, 0) is 31.2 Å². The maximum Gasteiger partial charge on any atom is 0.121 e. The first-order valence-corrected chi connectivity index (χ1v) is 7.67. The van der Waals surface area contributed by atoms with E-state index in [-0.39, 0.29) is 0 Å². The SMILES string of the molecule is CCOc1ccc2c(c1)nc(CCN)n2Cc1ccccc1. The predicted octanol–water partition coefficient (Wildman–Crippen LogP) is 2.98. The van der Waals surface area contributed by atoms with Gasteiger partial charge in [-0.25, -0.2) is 4.98 Å². The van der Waals surface area contributed by atoms with E-state index >= 15 is 0 Å². The number of nitrogens with zero attached hydrogens (tertiary/aromatic N) is 2. The molecule has 2 N–H and O–H groups in total. The largest absolute Gasteiger partial charge is 0.494 e. The standard InChI is InChI=1S/C18H21N3O/c1-2-22-15-8-9-17-16(12-15)20-18(10-11-19)21(17)13-14-6-4-3-5-7-14/h3-9,12H,2,10-11,13,19H2,1H3. The topological polar surface area (TPSA) is 53.1 Å². The van der Waals surface area contributed by atoms with Gasteiger partial charge >= 0.3 is 0 Å². The fourth-order valence-corrected chi connectivity index (χ4v) is 2.68. The molecule has 0 aliphatic carbocycles. The predicted molar refractivity (Wildman–Crippen MR) is 89.2 cm³/mol. The summed E-state index contributed by atoms with van der Waals surface area (Å²) < 4.78 is 7.81. The highest BCUT2D eigenvalue weighted by atomic mass is 16.5. The number of nitrogens with two attached hydrogens (primary N) is 1. The smallest absolute Gasteiger partial charge is 0.121 e. The second kappa shape index (κ2) is 6.62. The summed E-state index contributed by atoms with van der Waals surface area (Å²) in [5.74, 6) is 1.88. The van der Waals surface area contributed by atoms with Gasteiger partial charge in [-0.15, -0.1) is 0 Å². The molecule has 1 heterocycles. The number of aromatic nitrogens is 2. The average Bonchev–Trinajstić information content (AvgIpc) is 2.86. The summed E-state index contributed by atoms with van der Waals surface area (Å²) in [4.78, 5) is 4.74. The summed E-state index contributed by atoms with van der Waals surface area (Å²) in [5.41, 5.74) is 9.09. The van der Waals surface area contributed by atoms with Crippen LogP contribution in [-0.2, 0) is 13.0 Å². The van der Waals surface area contributed by atoms with Crippen LogP contribution in [0.15, 0.2) is 48.5 Å². The van der Waals surface area contributed by atoms with Gasteiger partial charge in [-0.2, -0.15) is 0 Å². The summed E-state index contributed by atoms with van der Waals surface area (Å²) in [7, 11) is 0. The first-order chi connectivity index (χ1) is 10.8. The minimum absolute atomic E-state index is 0.594. The molecule has 0 radical (unpaired) electrons. The second-order valence-corrected chi connectivity index (χ2v) is 5.22. The molecule has 22 heavy (non-hydrogen) atoms. The number of fused-ring (bicyclic) bond motifs is 1. The average molecular weight is 295 g/mol. The molecule has 0 unspecified atom stereocenters. The van der Waals surface area contributed by atoms with Crippen LogP contribution in [0.2, 0.25) is 0 Å². The molecule has 4 heteroatoms. The Hall–Kier alpha value is -2.33. The monoisotopic (exact) mass is 295 g/mol. The highest BCUT2D eigenvalue weighted by molar-refractivity contribution is 5.78. The minimum atomic E-state index is 0.594. The summed E-state index contributed by atoms with van der Waals surface area (Å²) in [6.45, 7) is 4.04. The highest BCUT2D eigenvalue weighted by Crippen LogP contribution is 2.23. The van der Waals surface area contributed by atoms with Crippen LogP contribution in [0.1, 0.15) is 18.3 Å². The zero-order valence-corrected chi connectivity index (χ0v) is 12.8. The van der Waals surface area contributed by atoms with Gasteiger partial charge in [0.25, 0.3) is 0 Å². The Labute approximate surface area is 130 Å². The molecule has 3 rings (SSSR count). The van der Waals surface area contributed by atoms with Crippen molar-refractivity contribution in [2.45, 2.75) is 19.9 Å². The third-order valence-electron chi connectivity index (χ3n) is 3.66. The van der Waals surface area contributed by atoms with Crippen molar-refractivity contribution >= 4 is 11.0 Å². The lowest BCUT2D eigenvalue weighted by Gasteiger charge is -2.09. The molecule has 0 bridgehead atoms. The molecule has 0 fully saturated rings. The molecule has 0 aliphatic rings. The van der Waals surface area contributed by atoms with Crippen LogP contribution >= 0.6 is 0 Å². The number of hydrogen-bond acceptors (Lipinski definition) is 3. The van der Waals surface area contributed by atoms with Gasteiger partial charge in [0.2, 0.25) is 0 Å². The van der Waals surface area contributed by atoms with Gasteiger partial charge in [-0.1, -0.05) is 30.3 Å². The molecule has 0 saturated heterocycles. The van der Waals surface area contributed by atoms with Crippen molar-refractivity contribution in [1.82, 2.24) is 9.55 Å². The molecule has 0 amide bonds. The first kappa shape index (κ1) is 14.6. The molecule has 114 valence electrons. The number of imidazole rings is 1. The molecule has 0 spiro atoms. The van der Waals surface area contributed by atoms with E-state index in [0.717, 1.165) is 35.6 Å². The normalized spacial score (nSPS) is 11.0. The third-order valence-corrected chi connectivity index (χ3v) is 3.66. The Bertz CT molecular complexity index is 750. The van der Waals surface area contributed by atoms with Crippen molar-refractivity contribution in [3.63, 3.8) is 0 Å². The van der Waals surface area contributed by atoms with Crippen molar-refractivity contribution in [2.24, 2.45) is 5.73 Å². The Balaban J connectivity index is 2.03. The molecule has 4 nitrogen and oxygen atoms in total. The van der Waals surface area contributed by atoms with E-state index in [9.17, 15) is 0 Å². The Morgan fingerprint density at radius 1 is 1.14 bits per heavy atom. The number of hydrogen-bond donors (Lipinski definition) is 1. The van der Waals surface area contributed by atoms with Crippen LogP contribution in [0.4, 0.5) is 0 Å². The molecule has 2 aromatic carbocycles. The Kier molecular flexibility index (Phi) is 4.39. The minimum Gasteiger partial charge on any atom is -0.494 e. The van der Waals surface area contributed by atoms with E-state index in [0.29, 0.717) is 13.2 Å². The van der Waals surface area contributed by atoms with Gasteiger partial charge in [0.15, 0.2) is 0 Å². The van der Waals surface area contributed by atoms with E-state index < -0.39 is 0 Å². The maximum absolute atomic E-state index is 5.74. The van der Waals surface area contributed by atoms with Crippen LogP contribution in [0.3, 0.4) is 0 Å². The van der Waals surface area contributed by atoms with Crippen molar-refractivity contribution in [3.05, 3.63) is 59.9 Å². The second-order valence-electron chi connectivity index (χ2n) is 5.22. The van der Waals surface area contributed by atoms with Crippen molar-refractivity contribution < 1.29 is 4.74 Å². The first-order valence-electron chi connectivity index (χ1n) is 7.67. The van der Waals surface area contributed by atoms with Crippen molar-refractivity contribution in [2.75, 3.05) is 13.2 Å². The fourth-order valence-electron chi connectivity index (χ4n) is 2.68. The van der Waals surface area contributed by atoms with Crippen LogP contribution in [-0.4, -0.2) is 22.7 Å². The van der Waals surface area contributed by atoms with Gasteiger partial charge < -0.3 is 15.0 Å². The van der Waals surface area contributed by atoms with Crippen LogP contribution in [0.25, 0.3) is 11.0 Å². The van der Waals surface area contributed by atoms with Crippen LogP contribution in [0.5, 0.6) is 5.75 Å². The zero-order valence-electron chi connectivity index (χ0n) is 12.8. The van der Waals surface area contributed by atoms with Crippen molar-refractivity contribution in [3.8, 4) is 5.75 Å². The van der Waals surface area contributed by atoms with Gasteiger partial charge in [0.1, 0.15) is 11.6 Å². The zero-order chi connectivity index (χ0) is 15.4. The number of ether oxygens (including phenoxy) is 1. The Morgan fingerprint density at radius 3 is 2.68 bits per heavy atom. The maximum atomic E-state index is 5.74. The molecule has 0 aliphatic heterocycles. The highest BCUT2D eigenvalue weighted by Gasteiger charge is 2.11. The summed E-state index contributed by atoms with van der Waals surface area (Å²) in [5, 5.41) is 0. The molecule has 1 aromatic heterocycles. The van der Waals surface area contributed by atoms with E-state index in [2.05, 4.69) is 34.9 Å². The molecular weight excluding hydrogens is 274 g/mol. The number of benzene rings is 2. The van der Waals surface area contributed by atoms with Gasteiger partial charge in [-0.3, -0.25) is 0 Å². The molecular formula is C18H21N3O. The third kappa shape index (κ3) is 2.97. The molecule has 0 saturated carbocycles. The Morgan fingerprint density at radius 2 is 1.95 bits per heavy atom. The van der Waals surface area contributed by atoms with Crippen molar-refractivity contribution in [1.29, 1.82) is 0 Å². The van der Waals surface area contributed by atoms with E-state index in [1.54, 1.807) is 0 Å². The van der Waals surface area contributed by atoms with Gasteiger partial charge in [0, 0.05) is 19.0 Å². The summed E-state index contributed by atoms with van der Waals surface area (Å²) in [6, 6.07) is 16.5. The summed E-state index contributed by atoms with van der Waals surface area (Å²) >= 11 is 0. The van der Waals surface area contributed by atoms with E-state index in [1.807, 2.05) is 25.1 Å². The van der Waals surface area contributed by atoms with E-state index in [4.69, 9.17) is 15.5 Å². The quantitative estimate of drug-likeness (QED) is 0.760. The number of rotatable bonds is 6.